The van der Waals surface area contributed by atoms with E-state index in [4.69, 9.17) is 16.6 Å². The second-order valence-electron chi connectivity index (χ2n) is 3.31. The molecular weight excluding hydrogens is 171 g/mol. The molecule has 72 valence electrons. The minimum absolute atomic E-state index is 0.268. The second-order valence-corrected chi connectivity index (χ2v) is 3.31. The molecule has 4 heteroatoms. The first-order valence-corrected chi connectivity index (χ1v) is 3.92. The first-order valence-electron chi connectivity index (χ1n) is 3.92. The van der Waals surface area contributed by atoms with Gasteiger partial charge < -0.3 is 16.6 Å². The summed E-state index contributed by atoms with van der Waals surface area (Å²) in [6, 6.07) is 4.23. The maximum atomic E-state index is 13.3. The number of rotatable bonds is 2. The van der Waals surface area contributed by atoms with E-state index < -0.39 is 11.4 Å². The van der Waals surface area contributed by atoms with Gasteiger partial charge in [-0.1, -0.05) is 6.07 Å². The van der Waals surface area contributed by atoms with Gasteiger partial charge in [0.1, 0.15) is 5.82 Å². The number of nitrogens with two attached hydrogens (primary N) is 2. The van der Waals surface area contributed by atoms with Gasteiger partial charge in [0.2, 0.25) is 0 Å². The molecule has 0 amide bonds. The van der Waals surface area contributed by atoms with E-state index in [-0.39, 0.29) is 12.2 Å². The molecule has 1 aromatic rings. The van der Waals surface area contributed by atoms with Gasteiger partial charge in [-0.3, -0.25) is 0 Å². The number of aliphatic hydroxyl groups is 1. The summed E-state index contributed by atoms with van der Waals surface area (Å²) in [5.41, 5.74) is 10.6. The highest BCUT2D eigenvalue weighted by atomic mass is 19.1. The van der Waals surface area contributed by atoms with Crippen molar-refractivity contribution in [3.05, 3.63) is 29.6 Å². The van der Waals surface area contributed by atoms with Gasteiger partial charge in [0.15, 0.2) is 0 Å². The van der Waals surface area contributed by atoms with Gasteiger partial charge in [-0.15, -0.1) is 0 Å². The van der Waals surface area contributed by atoms with Gasteiger partial charge in [0.05, 0.1) is 12.1 Å². The fraction of sp³-hybridized carbons (Fsp3) is 0.333. The lowest BCUT2D eigenvalue weighted by Crippen LogP contribution is -2.37. The smallest absolute Gasteiger partial charge is 0.130 e. The average Bonchev–Trinajstić information content (AvgIpc) is 2.03. The molecule has 0 fully saturated rings. The molecule has 0 radical (unpaired) electrons. The van der Waals surface area contributed by atoms with Crippen LogP contribution in [-0.2, 0) is 5.54 Å². The Balaban J connectivity index is 3.16. The van der Waals surface area contributed by atoms with Crippen LogP contribution in [0.25, 0.3) is 0 Å². The van der Waals surface area contributed by atoms with Gasteiger partial charge in [-0.25, -0.2) is 4.39 Å². The van der Waals surface area contributed by atoms with Crippen LogP contribution in [0.5, 0.6) is 0 Å². The number of aliphatic hydroxyl groups excluding tert-OH is 1. The van der Waals surface area contributed by atoms with Crippen molar-refractivity contribution in [3.63, 3.8) is 0 Å². The number of nitrogen functional groups attached to an aromatic ring is 1. The zero-order chi connectivity index (χ0) is 10.1. The lowest BCUT2D eigenvalue weighted by atomic mass is 9.93. The van der Waals surface area contributed by atoms with E-state index in [0.29, 0.717) is 5.69 Å². The van der Waals surface area contributed by atoms with Crippen LogP contribution in [-0.4, -0.2) is 11.7 Å². The first kappa shape index (κ1) is 9.95. The molecule has 1 aromatic carbocycles. The van der Waals surface area contributed by atoms with E-state index in [2.05, 4.69) is 0 Å². The molecule has 0 saturated heterocycles. The SMILES string of the molecule is CC(N)(CO)c1ccc(N)cc1F. The molecule has 0 spiro atoms. The van der Waals surface area contributed by atoms with E-state index in [9.17, 15) is 4.39 Å². The summed E-state index contributed by atoms with van der Waals surface area (Å²) in [5, 5.41) is 8.92. The third-order valence-corrected chi connectivity index (χ3v) is 1.94. The second kappa shape index (κ2) is 3.32. The van der Waals surface area contributed by atoms with E-state index in [1.165, 1.54) is 12.1 Å². The van der Waals surface area contributed by atoms with Gasteiger partial charge >= 0.3 is 0 Å². The van der Waals surface area contributed by atoms with Crippen LogP contribution < -0.4 is 11.5 Å². The molecule has 0 saturated carbocycles. The molecule has 0 aliphatic rings. The van der Waals surface area contributed by atoms with Gasteiger partial charge in [0, 0.05) is 11.3 Å². The standard InChI is InChI=1S/C9H13FN2O/c1-9(12,5-13)7-3-2-6(11)4-8(7)10/h2-4,13H,5,11-12H2,1H3. The molecular formula is C9H13FN2O. The summed E-state index contributed by atoms with van der Waals surface area (Å²) in [4.78, 5) is 0. The summed E-state index contributed by atoms with van der Waals surface area (Å²) >= 11 is 0. The van der Waals surface area contributed by atoms with Crippen molar-refractivity contribution in [1.29, 1.82) is 0 Å². The minimum atomic E-state index is -1.06. The number of hydrogen-bond acceptors (Lipinski definition) is 3. The first-order chi connectivity index (χ1) is 5.97. The third-order valence-electron chi connectivity index (χ3n) is 1.94. The average molecular weight is 184 g/mol. The molecule has 0 aromatic heterocycles. The van der Waals surface area contributed by atoms with Crippen molar-refractivity contribution in [3.8, 4) is 0 Å². The van der Waals surface area contributed by atoms with E-state index >= 15 is 0 Å². The summed E-state index contributed by atoms with van der Waals surface area (Å²) in [7, 11) is 0. The highest BCUT2D eigenvalue weighted by Gasteiger charge is 2.23. The highest BCUT2D eigenvalue weighted by molar-refractivity contribution is 5.42. The van der Waals surface area contributed by atoms with Crippen LogP contribution in [0.2, 0.25) is 0 Å². The molecule has 0 aliphatic carbocycles. The molecule has 1 unspecified atom stereocenters. The Hall–Kier alpha value is -1.13. The molecule has 0 aliphatic heterocycles. The summed E-state index contributed by atoms with van der Waals surface area (Å²) in [5.74, 6) is -0.487. The number of anilines is 1. The predicted octanol–water partition coefficient (Wildman–Crippen LogP) is 0.574. The van der Waals surface area contributed by atoms with Crippen molar-refractivity contribution < 1.29 is 9.50 Å². The molecule has 3 nitrogen and oxygen atoms in total. The van der Waals surface area contributed by atoms with Crippen LogP contribution in [0.15, 0.2) is 18.2 Å². The largest absolute Gasteiger partial charge is 0.399 e. The molecule has 0 bridgehead atoms. The van der Waals surface area contributed by atoms with Crippen molar-refractivity contribution in [2.24, 2.45) is 5.73 Å². The molecule has 1 rings (SSSR count). The Morgan fingerprint density at radius 3 is 2.62 bits per heavy atom. The van der Waals surface area contributed by atoms with Gasteiger partial charge in [0.25, 0.3) is 0 Å². The summed E-state index contributed by atoms with van der Waals surface area (Å²) in [6.07, 6.45) is 0. The summed E-state index contributed by atoms with van der Waals surface area (Å²) in [6.45, 7) is 1.25. The van der Waals surface area contributed by atoms with Crippen LogP contribution in [0.3, 0.4) is 0 Å². The Bertz CT molecular complexity index is 312. The zero-order valence-electron chi connectivity index (χ0n) is 7.42. The quantitative estimate of drug-likeness (QED) is 0.588. The fourth-order valence-corrected chi connectivity index (χ4v) is 1.08. The molecule has 5 N–H and O–H groups in total. The highest BCUT2D eigenvalue weighted by Crippen LogP contribution is 2.22. The third kappa shape index (κ3) is 1.96. The Morgan fingerprint density at radius 1 is 1.54 bits per heavy atom. The van der Waals surface area contributed by atoms with E-state index in [1.54, 1.807) is 13.0 Å². The Kier molecular flexibility index (Phi) is 2.54. The number of hydrogen-bond donors (Lipinski definition) is 3. The van der Waals surface area contributed by atoms with Crippen molar-refractivity contribution in [1.82, 2.24) is 0 Å². The van der Waals surface area contributed by atoms with Crippen molar-refractivity contribution >= 4 is 5.69 Å². The van der Waals surface area contributed by atoms with Gasteiger partial charge in [-0.2, -0.15) is 0 Å². The van der Waals surface area contributed by atoms with Crippen LogP contribution >= 0.6 is 0 Å². The molecule has 0 heterocycles. The van der Waals surface area contributed by atoms with Crippen molar-refractivity contribution in [2.75, 3.05) is 12.3 Å². The summed E-state index contributed by atoms with van der Waals surface area (Å²) < 4.78 is 13.3. The van der Waals surface area contributed by atoms with E-state index in [1.807, 2.05) is 0 Å². The molecule has 1 atom stereocenters. The Morgan fingerprint density at radius 2 is 2.15 bits per heavy atom. The van der Waals surface area contributed by atoms with Crippen LogP contribution in [0.4, 0.5) is 10.1 Å². The predicted molar refractivity (Wildman–Crippen MR) is 49.4 cm³/mol. The van der Waals surface area contributed by atoms with Crippen LogP contribution in [0, 0.1) is 5.82 Å². The maximum Gasteiger partial charge on any atom is 0.130 e. The van der Waals surface area contributed by atoms with Gasteiger partial charge in [-0.05, 0) is 19.1 Å². The van der Waals surface area contributed by atoms with Crippen molar-refractivity contribution in [2.45, 2.75) is 12.5 Å². The van der Waals surface area contributed by atoms with Crippen LogP contribution in [0.1, 0.15) is 12.5 Å². The monoisotopic (exact) mass is 184 g/mol. The molecule has 13 heavy (non-hydrogen) atoms. The minimum Gasteiger partial charge on any atom is -0.399 e. The lowest BCUT2D eigenvalue weighted by Gasteiger charge is -2.22. The zero-order valence-corrected chi connectivity index (χ0v) is 7.42. The Labute approximate surface area is 76.2 Å². The number of benzene rings is 1. The van der Waals surface area contributed by atoms with E-state index in [0.717, 1.165) is 0 Å². The maximum absolute atomic E-state index is 13.3. The topological polar surface area (TPSA) is 72.3 Å². The lowest BCUT2D eigenvalue weighted by molar-refractivity contribution is 0.206. The normalized spacial score (nSPS) is 15.4. The fourth-order valence-electron chi connectivity index (χ4n) is 1.08. The number of halogens is 1.